The topological polar surface area (TPSA) is 40.5 Å². The molecule has 0 aliphatic carbocycles. The zero-order chi connectivity index (χ0) is 10.9. The highest BCUT2D eigenvalue weighted by molar-refractivity contribution is 9.10. The number of phenolic OH excluding ortho intramolecular Hbond substituents is 1. The molecule has 1 atom stereocenters. The van der Waals surface area contributed by atoms with Crippen molar-refractivity contribution < 1.29 is 10.2 Å². The highest BCUT2D eigenvalue weighted by Crippen LogP contribution is 2.34. The normalized spacial score (nSPS) is 13.3. The summed E-state index contributed by atoms with van der Waals surface area (Å²) < 4.78 is 0.932. The molecular formula is C11H15BrO2. The molecule has 0 amide bonds. The van der Waals surface area contributed by atoms with E-state index in [0.29, 0.717) is 11.5 Å². The van der Waals surface area contributed by atoms with Gasteiger partial charge < -0.3 is 10.2 Å². The number of halogens is 1. The van der Waals surface area contributed by atoms with E-state index in [1.807, 2.05) is 0 Å². The lowest BCUT2D eigenvalue weighted by Crippen LogP contribution is -1.96. The molecule has 0 aliphatic heterocycles. The fourth-order valence-corrected chi connectivity index (χ4v) is 2.19. The predicted molar refractivity (Wildman–Crippen MR) is 60.5 cm³/mol. The number of aliphatic hydroxyl groups excluding tert-OH is 1. The van der Waals surface area contributed by atoms with Crippen LogP contribution in [0.15, 0.2) is 16.6 Å². The molecule has 0 spiro atoms. The highest BCUT2D eigenvalue weighted by Gasteiger charge is 2.13. The van der Waals surface area contributed by atoms with Gasteiger partial charge in [-0.05, 0) is 30.5 Å². The third-order valence-corrected chi connectivity index (χ3v) is 2.90. The van der Waals surface area contributed by atoms with Crippen molar-refractivity contribution in [1.82, 2.24) is 0 Å². The zero-order valence-corrected chi connectivity index (χ0v) is 10.2. The van der Waals surface area contributed by atoms with E-state index >= 15 is 0 Å². The van der Waals surface area contributed by atoms with Crippen molar-refractivity contribution in [3.63, 3.8) is 0 Å². The summed E-state index contributed by atoms with van der Waals surface area (Å²) >= 11 is 3.43. The van der Waals surface area contributed by atoms with E-state index in [9.17, 15) is 10.2 Å². The Morgan fingerprint density at radius 3 is 2.14 bits per heavy atom. The standard InChI is InChI=1S/C11H15BrO2/c1-6(2)8-5-11(14)9(7(3)13)4-10(8)12/h4-7,13-14H,1-3H3. The van der Waals surface area contributed by atoms with Crippen LogP contribution in [0.2, 0.25) is 0 Å². The van der Waals surface area contributed by atoms with Gasteiger partial charge >= 0.3 is 0 Å². The van der Waals surface area contributed by atoms with Gasteiger partial charge in [0, 0.05) is 10.0 Å². The van der Waals surface area contributed by atoms with Gasteiger partial charge in [-0.25, -0.2) is 0 Å². The average Bonchev–Trinajstić information content (AvgIpc) is 2.07. The first-order valence-corrected chi connectivity index (χ1v) is 5.43. The van der Waals surface area contributed by atoms with Crippen LogP contribution >= 0.6 is 15.9 Å². The molecule has 3 heteroatoms. The first-order chi connectivity index (χ1) is 6.43. The maximum atomic E-state index is 9.65. The highest BCUT2D eigenvalue weighted by atomic mass is 79.9. The number of hydrogen-bond acceptors (Lipinski definition) is 2. The smallest absolute Gasteiger partial charge is 0.121 e. The van der Waals surface area contributed by atoms with Crippen molar-refractivity contribution in [3.8, 4) is 5.75 Å². The molecule has 1 rings (SSSR count). The Bertz CT molecular complexity index is 299. The summed E-state index contributed by atoms with van der Waals surface area (Å²) in [5.74, 6) is 0.505. The molecule has 0 fully saturated rings. The summed E-state index contributed by atoms with van der Waals surface area (Å²) in [5.41, 5.74) is 1.60. The number of aromatic hydroxyl groups is 1. The predicted octanol–water partition coefficient (Wildman–Crippen LogP) is 3.33. The minimum Gasteiger partial charge on any atom is -0.508 e. The summed E-state index contributed by atoms with van der Waals surface area (Å²) in [7, 11) is 0. The van der Waals surface area contributed by atoms with Gasteiger partial charge in [-0.15, -0.1) is 0 Å². The lowest BCUT2D eigenvalue weighted by Gasteiger charge is -2.13. The summed E-state index contributed by atoms with van der Waals surface area (Å²) in [5, 5.41) is 19.0. The second-order valence-electron chi connectivity index (χ2n) is 3.76. The molecule has 1 aromatic rings. The molecule has 0 saturated heterocycles. The van der Waals surface area contributed by atoms with Gasteiger partial charge in [-0.2, -0.15) is 0 Å². The van der Waals surface area contributed by atoms with Crippen LogP contribution in [-0.2, 0) is 0 Å². The SMILES string of the molecule is CC(C)c1cc(O)c(C(C)O)cc1Br. The monoisotopic (exact) mass is 258 g/mol. The zero-order valence-electron chi connectivity index (χ0n) is 8.58. The third kappa shape index (κ3) is 2.28. The molecule has 0 aromatic heterocycles. The minimum atomic E-state index is -0.646. The van der Waals surface area contributed by atoms with Crippen molar-refractivity contribution >= 4 is 15.9 Å². The van der Waals surface area contributed by atoms with E-state index in [4.69, 9.17) is 0 Å². The second-order valence-corrected chi connectivity index (χ2v) is 4.62. The maximum absolute atomic E-state index is 9.65. The first kappa shape index (κ1) is 11.5. The molecule has 0 heterocycles. The van der Waals surface area contributed by atoms with Gasteiger partial charge in [-0.1, -0.05) is 29.8 Å². The average molecular weight is 259 g/mol. The van der Waals surface area contributed by atoms with Crippen LogP contribution in [-0.4, -0.2) is 10.2 Å². The molecule has 0 saturated carbocycles. The molecule has 78 valence electrons. The van der Waals surface area contributed by atoms with Crippen LogP contribution in [0.5, 0.6) is 5.75 Å². The van der Waals surface area contributed by atoms with Crippen LogP contribution in [0.25, 0.3) is 0 Å². The fraction of sp³-hybridized carbons (Fsp3) is 0.455. The van der Waals surface area contributed by atoms with Gasteiger partial charge in [-0.3, -0.25) is 0 Å². The number of phenols is 1. The van der Waals surface area contributed by atoms with Gasteiger partial charge in [0.15, 0.2) is 0 Å². The van der Waals surface area contributed by atoms with E-state index in [0.717, 1.165) is 10.0 Å². The Hall–Kier alpha value is -0.540. The van der Waals surface area contributed by atoms with Crippen LogP contribution in [0.4, 0.5) is 0 Å². The number of aliphatic hydroxyl groups is 1. The van der Waals surface area contributed by atoms with E-state index in [1.165, 1.54) is 0 Å². The van der Waals surface area contributed by atoms with E-state index in [-0.39, 0.29) is 5.75 Å². The Morgan fingerprint density at radius 1 is 1.14 bits per heavy atom. The Kier molecular flexibility index (Phi) is 3.56. The molecule has 2 N–H and O–H groups in total. The van der Waals surface area contributed by atoms with Crippen molar-refractivity contribution in [1.29, 1.82) is 0 Å². The van der Waals surface area contributed by atoms with Gasteiger partial charge in [0.05, 0.1) is 6.10 Å². The van der Waals surface area contributed by atoms with Crippen LogP contribution < -0.4 is 0 Å². The Morgan fingerprint density at radius 2 is 1.71 bits per heavy atom. The van der Waals surface area contributed by atoms with Gasteiger partial charge in [0.25, 0.3) is 0 Å². The molecule has 2 nitrogen and oxygen atoms in total. The molecule has 0 aliphatic rings. The summed E-state index contributed by atoms with van der Waals surface area (Å²) in [4.78, 5) is 0. The van der Waals surface area contributed by atoms with Crippen molar-refractivity contribution in [2.75, 3.05) is 0 Å². The van der Waals surface area contributed by atoms with Crippen molar-refractivity contribution in [3.05, 3.63) is 27.7 Å². The maximum Gasteiger partial charge on any atom is 0.121 e. The molecule has 0 bridgehead atoms. The van der Waals surface area contributed by atoms with Crippen LogP contribution in [0.3, 0.4) is 0 Å². The molecule has 1 aromatic carbocycles. The fourth-order valence-electron chi connectivity index (χ4n) is 1.37. The Labute approximate surface area is 92.7 Å². The lowest BCUT2D eigenvalue weighted by molar-refractivity contribution is 0.195. The third-order valence-electron chi connectivity index (χ3n) is 2.22. The minimum absolute atomic E-state index is 0.159. The van der Waals surface area contributed by atoms with Gasteiger partial charge in [0.2, 0.25) is 0 Å². The van der Waals surface area contributed by atoms with Gasteiger partial charge in [0.1, 0.15) is 5.75 Å². The summed E-state index contributed by atoms with van der Waals surface area (Å²) in [6.07, 6.45) is -0.646. The summed E-state index contributed by atoms with van der Waals surface area (Å²) in [6, 6.07) is 3.48. The molecule has 0 radical (unpaired) electrons. The quantitative estimate of drug-likeness (QED) is 0.855. The summed E-state index contributed by atoms with van der Waals surface area (Å²) in [6.45, 7) is 5.75. The van der Waals surface area contributed by atoms with E-state index < -0.39 is 6.10 Å². The Balaban J connectivity index is 3.24. The molecular weight excluding hydrogens is 244 g/mol. The van der Waals surface area contributed by atoms with Crippen LogP contribution in [0.1, 0.15) is 43.9 Å². The number of benzene rings is 1. The number of hydrogen-bond donors (Lipinski definition) is 2. The van der Waals surface area contributed by atoms with E-state index in [1.54, 1.807) is 19.1 Å². The first-order valence-electron chi connectivity index (χ1n) is 4.63. The largest absolute Gasteiger partial charge is 0.508 e. The molecule has 14 heavy (non-hydrogen) atoms. The lowest BCUT2D eigenvalue weighted by atomic mass is 9.99. The van der Waals surface area contributed by atoms with Crippen LogP contribution in [0, 0.1) is 0 Å². The molecule has 1 unspecified atom stereocenters. The van der Waals surface area contributed by atoms with Crippen molar-refractivity contribution in [2.45, 2.75) is 32.8 Å². The van der Waals surface area contributed by atoms with E-state index in [2.05, 4.69) is 29.8 Å². The second kappa shape index (κ2) is 4.32. The van der Waals surface area contributed by atoms with Crippen molar-refractivity contribution in [2.24, 2.45) is 0 Å². The number of rotatable bonds is 2.